The third-order valence-corrected chi connectivity index (χ3v) is 5.65. The number of hydrogen-bond acceptors (Lipinski definition) is 5. The molecule has 0 spiro atoms. The van der Waals surface area contributed by atoms with Crippen LogP contribution in [0.2, 0.25) is 0 Å². The van der Waals surface area contributed by atoms with E-state index < -0.39 is 10.0 Å². The van der Waals surface area contributed by atoms with E-state index in [9.17, 15) is 18.0 Å². The fourth-order valence-corrected chi connectivity index (χ4v) is 3.48. The Labute approximate surface area is 153 Å². The van der Waals surface area contributed by atoms with Crippen molar-refractivity contribution >= 4 is 27.5 Å². The molecule has 7 nitrogen and oxygen atoms in total. The highest BCUT2D eigenvalue weighted by atomic mass is 32.2. The van der Waals surface area contributed by atoms with Crippen molar-refractivity contribution in [1.82, 2.24) is 9.29 Å². The van der Waals surface area contributed by atoms with Gasteiger partial charge in [-0.3, -0.25) is 9.59 Å². The number of amides is 1. The van der Waals surface area contributed by atoms with E-state index in [1.165, 1.54) is 42.5 Å². The molecule has 1 aromatic carbocycles. The molecule has 2 aromatic rings. The SMILES string of the molecule is CC(=O)c1ccc(S(=O)(=O)N(C)CCCC(=O)Nc2ccccn2)cc1. The predicted octanol–water partition coefficient (Wildman–Crippen LogP) is 2.32. The van der Waals surface area contributed by atoms with Gasteiger partial charge in [-0.15, -0.1) is 0 Å². The molecule has 1 amide bonds. The molecule has 0 fully saturated rings. The summed E-state index contributed by atoms with van der Waals surface area (Å²) in [6, 6.07) is 11.0. The van der Waals surface area contributed by atoms with Crippen LogP contribution in [0.4, 0.5) is 5.82 Å². The van der Waals surface area contributed by atoms with Gasteiger partial charge in [0, 0.05) is 31.8 Å². The molecule has 0 aliphatic heterocycles. The van der Waals surface area contributed by atoms with E-state index in [0.29, 0.717) is 17.8 Å². The maximum Gasteiger partial charge on any atom is 0.242 e. The van der Waals surface area contributed by atoms with E-state index in [2.05, 4.69) is 10.3 Å². The molecule has 0 aliphatic rings. The van der Waals surface area contributed by atoms with E-state index >= 15 is 0 Å². The quantitative estimate of drug-likeness (QED) is 0.714. The second-order valence-corrected chi connectivity index (χ2v) is 7.82. The minimum atomic E-state index is -3.66. The van der Waals surface area contributed by atoms with Crippen LogP contribution < -0.4 is 5.32 Å². The molecule has 1 heterocycles. The zero-order valence-corrected chi connectivity index (χ0v) is 15.5. The third kappa shape index (κ3) is 5.21. The van der Waals surface area contributed by atoms with Crippen LogP contribution in [0.25, 0.3) is 0 Å². The summed E-state index contributed by atoms with van der Waals surface area (Å²) in [7, 11) is -2.20. The molecule has 1 aromatic heterocycles. The number of carbonyl (C=O) groups excluding carboxylic acids is 2. The summed E-state index contributed by atoms with van der Waals surface area (Å²) in [4.78, 5) is 27.2. The first kappa shape index (κ1) is 19.7. The Balaban J connectivity index is 1.88. The number of pyridine rings is 1. The predicted molar refractivity (Wildman–Crippen MR) is 98.4 cm³/mol. The zero-order chi connectivity index (χ0) is 19.2. The van der Waals surface area contributed by atoms with Gasteiger partial charge >= 0.3 is 0 Å². The number of sulfonamides is 1. The van der Waals surface area contributed by atoms with Crippen LogP contribution in [0.3, 0.4) is 0 Å². The number of aromatic nitrogens is 1. The number of anilines is 1. The van der Waals surface area contributed by atoms with Crippen molar-refractivity contribution in [3.63, 3.8) is 0 Å². The number of hydrogen-bond donors (Lipinski definition) is 1. The van der Waals surface area contributed by atoms with Gasteiger partial charge in [0.05, 0.1) is 4.90 Å². The first-order chi connectivity index (χ1) is 12.3. The highest BCUT2D eigenvalue weighted by Gasteiger charge is 2.20. The second-order valence-electron chi connectivity index (χ2n) is 5.77. The molecular formula is C18H21N3O4S. The lowest BCUT2D eigenvalue weighted by Gasteiger charge is -2.17. The lowest BCUT2D eigenvalue weighted by Crippen LogP contribution is -2.28. The standard InChI is InChI=1S/C18H21N3O4S/c1-14(22)15-8-10-16(11-9-15)26(24,25)21(2)13-5-7-18(23)20-17-6-3-4-12-19-17/h3-4,6,8-12H,5,7,13H2,1-2H3,(H,19,20,23). The molecule has 0 aliphatic carbocycles. The van der Waals surface area contributed by atoms with Crippen LogP contribution in [0.5, 0.6) is 0 Å². The average Bonchev–Trinajstić information content (AvgIpc) is 2.62. The van der Waals surface area contributed by atoms with Gasteiger partial charge in [-0.25, -0.2) is 17.7 Å². The Hall–Kier alpha value is -2.58. The van der Waals surface area contributed by atoms with Crippen molar-refractivity contribution in [1.29, 1.82) is 0 Å². The molecule has 0 saturated heterocycles. The maximum atomic E-state index is 12.5. The number of Topliss-reactive ketones (excluding diaryl/α,β-unsaturated/α-hetero) is 1. The van der Waals surface area contributed by atoms with E-state index in [1.807, 2.05) is 0 Å². The minimum Gasteiger partial charge on any atom is -0.311 e. The summed E-state index contributed by atoms with van der Waals surface area (Å²) in [5.41, 5.74) is 0.456. The molecule has 0 atom stereocenters. The fraction of sp³-hybridized carbons (Fsp3) is 0.278. The van der Waals surface area contributed by atoms with Crippen LogP contribution in [0, 0.1) is 0 Å². The van der Waals surface area contributed by atoms with Gasteiger partial charge in [0.1, 0.15) is 5.82 Å². The van der Waals surface area contributed by atoms with Gasteiger partial charge < -0.3 is 5.32 Å². The minimum absolute atomic E-state index is 0.114. The number of ketones is 1. The summed E-state index contributed by atoms with van der Waals surface area (Å²) < 4.78 is 26.2. The monoisotopic (exact) mass is 375 g/mol. The lowest BCUT2D eigenvalue weighted by atomic mass is 10.2. The van der Waals surface area contributed by atoms with Gasteiger partial charge in [0.15, 0.2) is 5.78 Å². The average molecular weight is 375 g/mol. The summed E-state index contributed by atoms with van der Waals surface area (Å²) in [6.45, 7) is 1.62. The second kappa shape index (κ2) is 8.68. The van der Waals surface area contributed by atoms with Gasteiger partial charge in [0.2, 0.25) is 15.9 Å². The van der Waals surface area contributed by atoms with Gasteiger partial charge in [-0.05, 0) is 37.6 Å². The van der Waals surface area contributed by atoms with Gasteiger partial charge in [-0.2, -0.15) is 0 Å². The Morgan fingerprint density at radius 2 is 1.81 bits per heavy atom. The number of benzene rings is 1. The Morgan fingerprint density at radius 3 is 2.38 bits per heavy atom. The summed E-state index contributed by atoms with van der Waals surface area (Å²) in [6.07, 6.45) is 2.13. The smallest absolute Gasteiger partial charge is 0.242 e. The Morgan fingerprint density at radius 1 is 1.12 bits per heavy atom. The fourth-order valence-electron chi connectivity index (χ4n) is 2.27. The molecule has 1 N–H and O–H groups in total. The summed E-state index contributed by atoms with van der Waals surface area (Å²) in [5, 5.41) is 2.65. The molecule has 0 radical (unpaired) electrons. The number of rotatable bonds is 8. The Kier molecular flexibility index (Phi) is 6.59. The van der Waals surface area contributed by atoms with Crippen molar-refractivity contribution < 1.29 is 18.0 Å². The van der Waals surface area contributed by atoms with Gasteiger partial charge in [-0.1, -0.05) is 18.2 Å². The molecule has 0 unspecified atom stereocenters. The molecule has 2 rings (SSSR count). The van der Waals surface area contributed by atoms with Crippen molar-refractivity contribution in [2.45, 2.75) is 24.7 Å². The molecule has 0 saturated carbocycles. The number of nitrogens with zero attached hydrogens (tertiary/aromatic N) is 2. The molecule has 26 heavy (non-hydrogen) atoms. The first-order valence-corrected chi connectivity index (χ1v) is 9.53. The van der Waals surface area contributed by atoms with Crippen molar-refractivity contribution in [2.24, 2.45) is 0 Å². The molecule has 8 heteroatoms. The van der Waals surface area contributed by atoms with Crippen molar-refractivity contribution in [3.8, 4) is 0 Å². The van der Waals surface area contributed by atoms with E-state index in [4.69, 9.17) is 0 Å². The van der Waals surface area contributed by atoms with Gasteiger partial charge in [0.25, 0.3) is 0 Å². The normalized spacial score (nSPS) is 11.3. The van der Waals surface area contributed by atoms with Crippen LogP contribution in [-0.4, -0.2) is 43.0 Å². The summed E-state index contributed by atoms with van der Waals surface area (Å²) >= 11 is 0. The van der Waals surface area contributed by atoms with Crippen LogP contribution in [-0.2, 0) is 14.8 Å². The van der Waals surface area contributed by atoms with Crippen molar-refractivity contribution in [3.05, 3.63) is 54.2 Å². The maximum absolute atomic E-state index is 12.5. The molecule has 0 bridgehead atoms. The highest BCUT2D eigenvalue weighted by molar-refractivity contribution is 7.89. The van der Waals surface area contributed by atoms with Crippen molar-refractivity contribution in [2.75, 3.05) is 18.9 Å². The zero-order valence-electron chi connectivity index (χ0n) is 14.7. The summed E-state index contributed by atoms with van der Waals surface area (Å²) in [5.74, 6) is 0.116. The topological polar surface area (TPSA) is 96.4 Å². The Bertz CT molecular complexity index is 865. The van der Waals surface area contributed by atoms with E-state index in [-0.39, 0.29) is 29.6 Å². The largest absolute Gasteiger partial charge is 0.311 e. The first-order valence-electron chi connectivity index (χ1n) is 8.09. The third-order valence-electron chi connectivity index (χ3n) is 3.78. The molecular weight excluding hydrogens is 354 g/mol. The number of carbonyl (C=O) groups is 2. The highest BCUT2D eigenvalue weighted by Crippen LogP contribution is 2.16. The number of nitrogens with one attached hydrogen (secondary N) is 1. The van der Waals surface area contributed by atoms with Crippen LogP contribution in [0.1, 0.15) is 30.1 Å². The van der Waals surface area contributed by atoms with E-state index in [0.717, 1.165) is 0 Å². The van der Waals surface area contributed by atoms with E-state index in [1.54, 1.807) is 24.4 Å². The van der Waals surface area contributed by atoms with Crippen LogP contribution >= 0.6 is 0 Å². The molecule has 138 valence electrons. The lowest BCUT2D eigenvalue weighted by molar-refractivity contribution is -0.116. The van der Waals surface area contributed by atoms with Crippen LogP contribution in [0.15, 0.2) is 53.6 Å².